The van der Waals surface area contributed by atoms with Gasteiger partial charge in [0, 0.05) is 15.8 Å². The Morgan fingerprint density at radius 1 is 1.36 bits per heavy atom. The average Bonchev–Trinajstić information content (AvgIpc) is 2.43. The first-order chi connectivity index (χ1) is 6.59. The topological polar surface area (TPSA) is 53.1 Å². The van der Waals surface area contributed by atoms with Crippen LogP contribution in [-0.4, -0.2) is 16.1 Å². The maximum absolute atomic E-state index is 11.0. The molecular weight excluding hydrogens is 218 g/mol. The predicted molar refractivity (Wildman–Crippen MR) is 59.8 cm³/mol. The number of benzene rings is 1. The largest absolute Gasteiger partial charge is 0.478 e. The molecule has 0 radical (unpaired) electrons. The molecule has 0 fully saturated rings. The number of carboxylic acid groups (broad SMARTS) is 1. The van der Waals surface area contributed by atoms with E-state index < -0.39 is 5.97 Å². The molecule has 0 atom stereocenters. The summed E-state index contributed by atoms with van der Waals surface area (Å²) < 4.78 is 0. The second-order valence-electron chi connectivity index (χ2n) is 2.88. The van der Waals surface area contributed by atoms with Crippen molar-refractivity contribution in [3.8, 4) is 0 Å². The van der Waals surface area contributed by atoms with Gasteiger partial charge in [-0.05, 0) is 18.2 Å². The Hall–Kier alpha value is -1.07. The third-order valence-corrected chi connectivity index (χ3v) is 2.59. The van der Waals surface area contributed by atoms with Gasteiger partial charge in [-0.3, -0.25) is 0 Å². The van der Waals surface area contributed by atoms with E-state index in [-0.39, 0.29) is 5.56 Å². The molecule has 0 aliphatic rings. The molecule has 0 spiro atoms. The zero-order valence-electron chi connectivity index (χ0n) is 6.98. The van der Waals surface area contributed by atoms with Gasteiger partial charge in [-0.1, -0.05) is 0 Å². The van der Waals surface area contributed by atoms with Crippen LogP contribution in [0.25, 0.3) is 10.9 Å². The second-order valence-corrected chi connectivity index (χ2v) is 3.84. The van der Waals surface area contributed by atoms with Crippen molar-refractivity contribution in [1.29, 1.82) is 0 Å². The molecule has 1 heterocycles. The summed E-state index contributed by atoms with van der Waals surface area (Å²) >= 11 is 8.22. The number of carbonyl (C=O) groups is 1. The number of thiol groups is 2. The van der Waals surface area contributed by atoms with E-state index in [4.69, 9.17) is 5.11 Å². The molecule has 5 heteroatoms. The monoisotopic (exact) mass is 225 g/mol. The van der Waals surface area contributed by atoms with E-state index in [9.17, 15) is 4.79 Å². The molecule has 0 aliphatic carbocycles. The fourth-order valence-electron chi connectivity index (χ4n) is 1.40. The highest BCUT2D eigenvalue weighted by atomic mass is 32.1. The highest BCUT2D eigenvalue weighted by Crippen LogP contribution is 2.26. The van der Waals surface area contributed by atoms with E-state index in [1.54, 1.807) is 18.2 Å². The van der Waals surface area contributed by atoms with Crippen LogP contribution in [-0.2, 0) is 0 Å². The van der Waals surface area contributed by atoms with E-state index in [1.807, 2.05) is 0 Å². The lowest BCUT2D eigenvalue weighted by Gasteiger charge is -2.00. The van der Waals surface area contributed by atoms with E-state index in [2.05, 4.69) is 30.2 Å². The zero-order valence-corrected chi connectivity index (χ0v) is 8.77. The standard InChI is InChI=1S/C9H7NO2S2/c11-9(12)8-4-3-7(14)10-5(4)1-2-6(8)13/h1-3,10,13-14H,(H,11,12). The van der Waals surface area contributed by atoms with Crippen molar-refractivity contribution < 1.29 is 9.90 Å². The fourth-order valence-corrected chi connectivity index (χ4v) is 1.94. The van der Waals surface area contributed by atoms with Gasteiger partial charge in [0.15, 0.2) is 0 Å². The van der Waals surface area contributed by atoms with Crippen LogP contribution in [0.1, 0.15) is 10.4 Å². The predicted octanol–water partition coefficient (Wildman–Crippen LogP) is 2.44. The van der Waals surface area contributed by atoms with Gasteiger partial charge in [0.2, 0.25) is 0 Å². The average molecular weight is 225 g/mol. The second kappa shape index (κ2) is 3.25. The molecule has 1 aromatic heterocycles. The van der Waals surface area contributed by atoms with Crippen LogP contribution >= 0.6 is 25.3 Å². The first kappa shape index (κ1) is 9.48. The van der Waals surface area contributed by atoms with Crippen LogP contribution in [0.15, 0.2) is 28.1 Å². The van der Waals surface area contributed by atoms with Gasteiger partial charge in [-0.15, -0.1) is 25.3 Å². The maximum atomic E-state index is 11.0. The highest BCUT2D eigenvalue weighted by Gasteiger charge is 2.13. The molecule has 72 valence electrons. The van der Waals surface area contributed by atoms with Crippen molar-refractivity contribution in [2.75, 3.05) is 0 Å². The van der Waals surface area contributed by atoms with Crippen LogP contribution in [0.4, 0.5) is 0 Å². The minimum atomic E-state index is -0.979. The third-order valence-electron chi connectivity index (χ3n) is 1.98. The van der Waals surface area contributed by atoms with Gasteiger partial charge < -0.3 is 10.1 Å². The normalized spacial score (nSPS) is 10.7. The lowest BCUT2D eigenvalue weighted by atomic mass is 10.1. The highest BCUT2D eigenvalue weighted by molar-refractivity contribution is 7.80. The Labute approximate surface area is 91.0 Å². The molecular formula is C9H7NO2S2. The third kappa shape index (κ3) is 1.38. The fraction of sp³-hybridized carbons (Fsp3) is 0. The Kier molecular flexibility index (Phi) is 2.20. The molecule has 14 heavy (non-hydrogen) atoms. The summed E-state index contributed by atoms with van der Waals surface area (Å²) in [5.41, 5.74) is 0.965. The molecule has 0 saturated carbocycles. The van der Waals surface area contributed by atoms with E-state index in [0.29, 0.717) is 15.3 Å². The van der Waals surface area contributed by atoms with Crippen molar-refractivity contribution in [2.45, 2.75) is 9.92 Å². The lowest BCUT2D eigenvalue weighted by Crippen LogP contribution is -1.98. The molecule has 2 rings (SSSR count). The Bertz CT molecular complexity index is 519. The molecule has 0 unspecified atom stereocenters. The number of fused-ring (bicyclic) bond motifs is 1. The van der Waals surface area contributed by atoms with Gasteiger partial charge in [0.1, 0.15) is 0 Å². The first-order valence-corrected chi connectivity index (χ1v) is 4.76. The number of hydrogen-bond donors (Lipinski definition) is 4. The summed E-state index contributed by atoms with van der Waals surface area (Å²) in [6.45, 7) is 0. The number of aromatic nitrogens is 1. The summed E-state index contributed by atoms with van der Waals surface area (Å²) in [7, 11) is 0. The van der Waals surface area contributed by atoms with E-state index >= 15 is 0 Å². The number of aromatic carboxylic acids is 1. The zero-order chi connectivity index (χ0) is 10.3. The van der Waals surface area contributed by atoms with Crippen LogP contribution in [0.3, 0.4) is 0 Å². The molecule has 2 N–H and O–H groups in total. The molecule has 0 aliphatic heterocycles. The molecule has 0 amide bonds. The van der Waals surface area contributed by atoms with Crippen LogP contribution in [0.2, 0.25) is 0 Å². The summed E-state index contributed by atoms with van der Waals surface area (Å²) in [4.78, 5) is 14.4. The Morgan fingerprint density at radius 3 is 2.71 bits per heavy atom. The van der Waals surface area contributed by atoms with Crippen molar-refractivity contribution in [2.24, 2.45) is 0 Å². The molecule has 3 nitrogen and oxygen atoms in total. The molecule has 0 saturated heterocycles. The number of aromatic amines is 1. The van der Waals surface area contributed by atoms with Gasteiger partial charge in [-0.25, -0.2) is 4.79 Å². The number of nitrogens with one attached hydrogen (secondary N) is 1. The Morgan fingerprint density at radius 2 is 2.07 bits per heavy atom. The van der Waals surface area contributed by atoms with Crippen molar-refractivity contribution in [3.63, 3.8) is 0 Å². The van der Waals surface area contributed by atoms with Gasteiger partial charge >= 0.3 is 5.97 Å². The van der Waals surface area contributed by atoms with Crippen LogP contribution in [0, 0.1) is 0 Å². The van der Waals surface area contributed by atoms with E-state index in [1.165, 1.54) is 0 Å². The molecule has 0 bridgehead atoms. The summed E-state index contributed by atoms with van der Waals surface area (Å²) in [6.07, 6.45) is 0. The minimum Gasteiger partial charge on any atom is -0.478 e. The molecule has 2 aromatic rings. The van der Waals surface area contributed by atoms with Crippen molar-refractivity contribution >= 4 is 42.1 Å². The van der Waals surface area contributed by atoms with Crippen molar-refractivity contribution in [3.05, 3.63) is 23.8 Å². The quantitative estimate of drug-likeness (QED) is 0.563. The SMILES string of the molecule is O=C(O)c1c(S)ccc2[nH]c(S)cc12. The molecule has 1 aromatic carbocycles. The van der Waals surface area contributed by atoms with E-state index in [0.717, 1.165) is 5.52 Å². The maximum Gasteiger partial charge on any atom is 0.337 e. The number of carboxylic acids is 1. The summed E-state index contributed by atoms with van der Waals surface area (Å²) in [5.74, 6) is -0.979. The van der Waals surface area contributed by atoms with Crippen LogP contribution < -0.4 is 0 Å². The van der Waals surface area contributed by atoms with Gasteiger partial charge in [-0.2, -0.15) is 0 Å². The number of H-pyrrole nitrogens is 1. The Balaban J connectivity index is 2.88. The smallest absolute Gasteiger partial charge is 0.337 e. The van der Waals surface area contributed by atoms with Gasteiger partial charge in [0.25, 0.3) is 0 Å². The summed E-state index contributed by atoms with van der Waals surface area (Å²) in [5, 5.41) is 10.3. The summed E-state index contributed by atoms with van der Waals surface area (Å²) in [6, 6.07) is 5.12. The van der Waals surface area contributed by atoms with Gasteiger partial charge in [0.05, 0.1) is 10.6 Å². The van der Waals surface area contributed by atoms with Crippen molar-refractivity contribution in [1.82, 2.24) is 4.98 Å². The minimum absolute atomic E-state index is 0.211. The lowest BCUT2D eigenvalue weighted by molar-refractivity contribution is 0.0695. The number of rotatable bonds is 1. The first-order valence-electron chi connectivity index (χ1n) is 3.86. The number of hydrogen-bond acceptors (Lipinski definition) is 3. The van der Waals surface area contributed by atoms with Crippen LogP contribution in [0.5, 0.6) is 0 Å².